The molecule has 2 aromatic carbocycles. The molecule has 5 nitrogen and oxygen atoms in total. The second kappa shape index (κ2) is 6.06. The van der Waals surface area contributed by atoms with Crippen molar-refractivity contribution in [3.63, 3.8) is 0 Å². The summed E-state index contributed by atoms with van der Waals surface area (Å²) in [4.78, 5) is 29.7. The Morgan fingerprint density at radius 1 is 1.13 bits per heavy atom. The average molecular weight is 326 g/mol. The monoisotopic (exact) mass is 325 g/mol. The molecule has 0 amide bonds. The van der Waals surface area contributed by atoms with E-state index in [1.807, 2.05) is 0 Å². The summed E-state index contributed by atoms with van der Waals surface area (Å²) in [5.74, 6) is -0.994. The molecule has 0 atom stereocenters. The molecule has 3 rings (SSSR count). The van der Waals surface area contributed by atoms with Crippen LogP contribution in [0.3, 0.4) is 0 Å². The molecule has 1 N–H and O–H groups in total. The number of rotatable bonds is 3. The van der Waals surface area contributed by atoms with Crippen LogP contribution < -0.4 is 10.7 Å². The van der Waals surface area contributed by atoms with Crippen LogP contribution in [0.2, 0.25) is 0 Å². The number of nitrogens with zero attached hydrogens (tertiary/aromatic N) is 1. The van der Waals surface area contributed by atoms with Crippen molar-refractivity contribution >= 4 is 39.6 Å². The lowest BCUT2D eigenvalue weighted by atomic mass is 10.1. The molecule has 0 aliphatic carbocycles. The molecular weight excluding hydrogens is 316 g/mol. The number of carbonyl (C=O) groups is 1. The van der Waals surface area contributed by atoms with Crippen molar-refractivity contribution < 1.29 is 9.90 Å². The van der Waals surface area contributed by atoms with Crippen LogP contribution in [-0.2, 0) is 0 Å². The SMILES string of the molecule is O=C([O-])c1ccc(/C=C(\Cl)c2nc3ccccc3c(=O)[nH]2)cc1. The van der Waals surface area contributed by atoms with Crippen molar-refractivity contribution in [1.82, 2.24) is 9.97 Å². The van der Waals surface area contributed by atoms with Gasteiger partial charge in [-0.05, 0) is 29.3 Å². The van der Waals surface area contributed by atoms with Crippen LogP contribution in [0.15, 0.2) is 53.3 Å². The molecular formula is C17H10ClN2O3-. The van der Waals surface area contributed by atoms with Crippen molar-refractivity contribution in [3.8, 4) is 0 Å². The number of aromatic amines is 1. The first-order valence-electron chi connectivity index (χ1n) is 6.72. The number of fused-ring (bicyclic) bond motifs is 1. The third-order valence-electron chi connectivity index (χ3n) is 3.28. The molecule has 0 radical (unpaired) electrons. The normalized spacial score (nSPS) is 11.6. The van der Waals surface area contributed by atoms with Gasteiger partial charge in [0.1, 0.15) is 0 Å². The molecule has 0 saturated heterocycles. The van der Waals surface area contributed by atoms with Crippen LogP contribution >= 0.6 is 11.6 Å². The Labute approximate surface area is 135 Å². The molecule has 1 heterocycles. The van der Waals surface area contributed by atoms with Gasteiger partial charge in [0.2, 0.25) is 0 Å². The van der Waals surface area contributed by atoms with Crippen LogP contribution in [0.1, 0.15) is 21.7 Å². The van der Waals surface area contributed by atoms with E-state index in [0.717, 1.165) is 0 Å². The average Bonchev–Trinajstić information content (AvgIpc) is 2.55. The summed E-state index contributed by atoms with van der Waals surface area (Å²) in [5.41, 5.74) is 1.03. The van der Waals surface area contributed by atoms with Gasteiger partial charge in [-0.1, -0.05) is 48.0 Å². The van der Waals surface area contributed by atoms with Crippen molar-refractivity contribution in [1.29, 1.82) is 0 Å². The summed E-state index contributed by atoms with van der Waals surface area (Å²) in [6.45, 7) is 0. The maximum atomic E-state index is 12.0. The molecule has 0 bridgehead atoms. The highest BCUT2D eigenvalue weighted by atomic mass is 35.5. The molecule has 6 heteroatoms. The number of carboxylic acids is 1. The van der Waals surface area contributed by atoms with E-state index in [4.69, 9.17) is 11.6 Å². The zero-order valence-corrected chi connectivity index (χ0v) is 12.5. The topological polar surface area (TPSA) is 85.9 Å². The Balaban J connectivity index is 2.00. The van der Waals surface area contributed by atoms with E-state index < -0.39 is 5.97 Å². The second-order valence-corrected chi connectivity index (χ2v) is 5.24. The van der Waals surface area contributed by atoms with E-state index in [2.05, 4.69) is 9.97 Å². The molecule has 0 fully saturated rings. The predicted molar refractivity (Wildman–Crippen MR) is 86.9 cm³/mol. The van der Waals surface area contributed by atoms with E-state index >= 15 is 0 Å². The zero-order chi connectivity index (χ0) is 16.4. The minimum atomic E-state index is -1.24. The summed E-state index contributed by atoms with van der Waals surface area (Å²) in [5, 5.41) is 11.4. The van der Waals surface area contributed by atoms with Gasteiger partial charge >= 0.3 is 0 Å². The lowest BCUT2D eigenvalue weighted by Gasteiger charge is -2.04. The highest BCUT2D eigenvalue weighted by Gasteiger charge is 2.06. The third kappa shape index (κ3) is 3.14. The van der Waals surface area contributed by atoms with Gasteiger partial charge in [0, 0.05) is 0 Å². The van der Waals surface area contributed by atoms with Gasteiger partial charge in [-0.3, -0.25) is 4.79 Å². The summed E-state index contributed by atoms with van der Waals surface area (Å²) >= 11 is 6.22. The first kappa shape index (κ1) is 15.0. The van der Waals surface area contributed by atoms with E-state index in [0.29, 0.717) is 16.5 Å². The molecule has 0 aliphatic heterocycles. The van der Waals surface area contributed by atoms with Crippen LogP contribution in [0.25, 0.3) is 22.0 Å². The summed E-state index contributed by atoms with van der Waals surface area (Å²) in [6, 6.07) is 13.0. The van der Waals surface area contributed by atoms with Gasteiger partial charge in [-0.15, -0.1) is 0 Å². The van der Waals surface area contributed by atoms with E-state index in [1.54, 1.807) is 42.5 Å². The summed E-state index contributed by atoms with van der Waals surface area (Å²) in [6.07, 6.45) is 1.59. The van der Waals surface area contributed by atoms with Gasteiger partial charge in [-0.25, -0.2) is 4.98 Å². The molecule has 0 aliphatic rings. The number of benzene rings is 2. The van der Waals surface area contributed by atoms with Crippen LogP contribution in [-0.4, -0.2) is 15.9 Å². The minimum absolute atomic E-state index is 0.0792. The Bertz CT molecular complexity index is 975. The number of carbonyl (C=O) groups excluding carboxylic acids is 1. The Morgan fingerprint density at radius 3 is 2.52 bits per heavy atom. The third-order valence-corrected chi connectivity index (χ3v) is 3.57. The lowest BCUT2D eigenvalue weighted by Crippen LogP contribution is -2.21. The highest BCUT2D eigenvalue weighted by molar-refractivity contribution is 6.50. The van der Waals surface area contributed by atoms with Crippen molar-refractivity contribution in [2.45, 2.75) is 0 Å². The van der Waals surface area contributed by atoms with Crippen LogP contribution in [0, 0.1) is 0 Å². The Hall–Kier alpha value is -2.92. The van der Waals surface area contributed by atoms with Crippen LogP contribution in [0.4, 0.5) is 0 Å². The van der Waals surface area contributed by atoms with Crippen molar-refractivity contribution in [3.05, 3.63) is 75.8 Å². The number of H-pyrrole nitrogens is 1. The summed E-state index contributed by atoms with van der Waals surface area (Å²) < 4.78 is 0. The maximum Gasteiger partial charge on any atom is 0.259 e. The smallest absolute Gasteiger partial charge is 0.259 e. The quantitative estimate of drug-likeness (QED) is 0.798. The maximum absolute atomic E-state index is 12.0. The molecule has 23 heavy (non-hydrogen) atoms. The number of carboxylic acid groups (broad SMARTS) is 1. The number of para-hydroxylation sites is 1. The molecule has 3 aromatic rings. The molecule has 0 saturated carbocycles. The number of aromatic carboxylic acids is 1. The first-order chi connectivity index (χ1) is 11.0. The molecule has 1 aromatic heterocycles. The second-order valence-electron chi connectivity index (χ2n) is 4.83. The largest absolute Gasteiger partial charge is 0.545 e. The predicted octanol–water partition coefficient (Wildman–Crippen LogP) is 2.02. The number of hydrogen-bond acceptors (Lipinski definition) is 4. The van der Waals surface area contributed by atoms with E-state index in [9.17, 15) is 14.7 Å². The molecule has 114 valence electrons. The number of nitrogens with one attached hydrogen (secondary N) is 1. The zero-order valence-electron chi connectivity index (χ0n) is 11.7. The number of halogens is 1. The van der Waals surface area contributed by atoms with E-state index in [-0.39, 0.29) is 22.0 Å². The standard InChI is InChI=1S/C17H11ClN2O3/c18-13(9-10-5-7-11(8-6-10)17(22)23)15-19-14-4-2-1-3-12(14)16(21)20-15/h1-9H,(H,22,23)(H,19,20,21)/p-1/b13-9-. The molecule has 0 unspecified atom stereocenters. The number of hydrogen-bond donors (Lipinski definition) is 1. The highest BCUT2D eigenvalue weighted by Crippen LogP contribution is 2.20. The Morgan fingerprint density at radius 2 is 1.83 bits per heavy atom. The fourth-order valence-corrected chi connectivity index (χ4v) is 2.35. The van der Waals surface area contributed by atoms with Crippen LogP contribution in [0.5, 0.6) is 0 Å². The minimum Gasteiger partial charge on any atom is -0.545 e. The van der Waals surface area contributed by atoms with Gasteiger partial charge in [0.15, 0.2) is 5.82 Å². The van der Waals surface area contributed by atoms with Gasteiger partial charge < -0.3 is 14.9 Å². The fourth-order valence-electron chi connectivity index (χ4n) is 2.13. The van der Waals surface area contributed by atoms with Crippen molar-refractivity contribution in [2.75, 3.05) is 0 Å². The van der Waals surface area contributed by atoms with Gasteiger partial charge in [0.05, 0.1) is 21.9 Å². The Kier molecular flexibility index (Phi) is 3.95. The number of aromatic nitrogens is 2. The van der Waals surface area contributed by atoms with Gasteiger partial charge in [0.25, 0.3) is 5.56 Å². The molecule has 0 spiro atoms. The fraction of sp³-hybridized carbons (Fsp3) is 0. The van der Waals surface area contributed by atoms with Gasteiger partial charge in [-0.2, -0.15) is 0 Å². The lowest BCUT2D eigenvalue weighted by molar-refractivity contribution is -0.255. The summed E-state index contributed by atoms with van der Waals surface area (Å²) in [7, 11) is 0. The first-order valence-corrected chi connectivity index (χ1v) is 7.10. The van der Waals surface area contributed by atoms with Crippen molar-refractivity contribution in [2.24, 2.45) is 0 Å². The van der Waals surface area contributed by atoms with E-state index in [1.165, 1.54) is 12.1 Å².